The number of aromatic nitrogens is 1. The molecule has 0 bridgehead atoms. The molecule has 0 saturated carbocycles. The molecular formula is C17H17N3O2S2. The Balaban J connectivity index is 1.49. The number of hydrogen-bond donors (Lipinski definition) is 1. The highest BCUT2D eigenvalue weighted by Crippen LogP contribution is 2.47. The highest BCUT2D eigenvalue weighted by atomic mass is 32.2. The minimum atomic E-state index is -0.404. The van der Waals surface area contributed by atoms with Gasteiger partial charge in [-0.05, 0) is 13.3 Å². The SMILES string of the molecule is C[C@]12CCC(=O)N1[C@H](C(=O)Nc1nc(-c3ccccc3)cs1)CS2. The van der Waals surface area contributed by atoms with Crippen molar-refractivity contribution in [2.45, 2.75) is 30.7 Å². The molecule has 0 spiro atoms. The number of thioether (sulfide) groups is 1. The van der Waals surface area contributed by atoms with Gasteiger partial charge in [0.2, 0.25) is 11.8 Å². The molecular weight excluding hydrogens is 342 g/mol. The Morgan fingerprint density at radius 2 is 2.17 bits per heavy atom. The predicted molar refractivity (Wildman–Crippen MR) is 96.9 cm³/mol. The molecule has 3 heterocycles. The van der Waals surface area contributed by atoms with Crippen molar-refractivity contribution in [1.29, 1.82) is 0 Å². The number of carbonyl (C=O) groups excluding carboxylic acids is 2. The maximum absolute atomic E-state index is 12.6. The first-order valence-corrected chi connectivity index (χ1v) is 9.71. The lowest BCUT2D eigenvalue weighted by Crippen LogP contribution is -2.48. The fourth-order valence-corrected chi connectivity index (χ4v) is 5.43. The van der Waals surface area contributed by atoms with Gasteiger partial charge in [-0.2, -0.15) is 0 Å². The van der Waals surface area contributed by atoms with Crippen molar-refractivity contribution in [2.24, 2.45) is 0 Å². The number of carbonyl (C=O) groups is 2. The summed E-state index contributed by atoms with van der Waals surface area (Å²) in [6.07, 6.45) is 1.35. The highest BCUT2D eigenvalue weighted by Gasteiger charge is 2.52. The van der Waals surface area contributed by atoms with Crippen LogP contribution in [-0.4, -0.2) is 38.4 Å². The molecule has 2 amide bonds. The van der Waals surface area contributed by atoms with Crippen molar-refractivity contribution in [3.8, 4) is 11.3 Å². The minimum Gasteiger partial charge on any atom is -0.315 e. The number of nitrogens with zero attached hydrogens (tertiary/aromatic N) is 2. The first-order chi connectivity index (χ1) is 11.6. The van der Waals surface area contributed by atoms with Crippen molar-refractivity contribution < 1.29 is 9.59 Å². The van der Waals surface area contributed by atoms with E-state index in [2.05, 4.69) is 10.3 Å². The molecule has 1 aromatic heterocycles. The molecule has 1 aromatic carbocycles. The van der Waals surface area contributed by atoms with Crippen molar-refractivity contribution in [2.75, 3.05) is 11.1 Å². The van der Waals surface area contributed by atoms with Gasteiger partial charge in [-0.3, -0.25) is 9.59 Å². The fourth-order valence-electron chi connectivity index (χ4n) is 3.28. The van der Waals surface area contributed by atoms with E-state index in [-0.39, 0.29) is 16.7 Å². The Kier molecular flexibility index (Phi) is 3.85. The molecule has 2 saturated heterocycles. The van der Waals surface area contributed by atoms with Crippen LogP contribution in [0.3, 0.4) is 0 Å². The van der Waals surface area contributed by atoms with Crippen LogP contribution in [0.5, 0.6) is 0 Å². The lowest BCUT2D eigenvalue weighted by molar-refractivity contribution is -0.135. The van der Waals surface area contributed by atoms with E-state index >= 15 is 0 Å². The van der Waals surface area contributed by atoms with E-state index in [0.29, 0.717) is 17.3 Å². The van der Waals surface area contributed by atoms with Gasteiger partial charge in [0.15, 0.2) is 5.13 Å². The summed E-state index contributed by atoms with van der Waals surface area (Å²) in [7, 11) is 0. The van der Waals surface area contributed by atoms with Gasteiger partial charge >= 0.3 is 0 Å². The summed E-state index contributed by atoms with van der Waals surface area (Å²) < 4.78 is 0. The fraction of sp³-hybridized carbons (Fsp3) is 0.353. The van der Waals surface area contributed by atoms with Gasteiger partial charge in [0, 0.05) is 23.1 Å². The third-order valence-electron chi connectivity index (χ3n) is 4.55. The van der Waals surface area contributed by atoms with E-state index in [9.17, 15) is 9.59 Å². The van der Waals surface area contributed by atoms with E-state index in [1.54, 1.807) is 16.7 Å². The largest absolute Gasteiger partial charge is 0.315 e. The maximum Gasteiger partial charge on any atom is 0.249 e. The Bertz CT molecular complexity index is 792. The zero-order valence-corrected chi connectivity index (χ0v) is 14.8. The molecule has 7 heteroatoms. The second-order valence-electron chi connectivity index (χ2n) is 6.16. The van der Waals surface area contributed by atoms with Gasteiger partial charge in [-0.1, -0.05) is 30.3 Å². The topological polar surface area (TPSA) is 62.3 Å². The molecule has 2 atom stereocenters. The third-order valence-corrected chi connectivity index (χ3v) is 6.81. The summed E-state index contributed by atoms with van der Waals surface area (Å²) in [6.45, 7) is 2.05. The van der Waals surface area contributed by atoms with Gasteiger partial charge in [0.25, 0.3) is 0 Å². The first kappa shape index (κ1) is 15.7. The number of anilines is 1. The normalized spacial score (nSPS) is 25.8. The van der Waals surface area contributed by atoms with Crippen LogP contribution in [0.4, 0.5) is 5.13 Å². The zero-order valence-electron chi connectivity index (χ0n) is 13.2. The van der Waals surface area contributed by atoms with Crippen LogP contribution in [-0.2, 0) is 9.59 Å². The van der Waals surface area contributed by atoms with Crippen LogP contribution in [0.25, 0.3) is 11.3 Å². The average Bonchev–Trinajstić information content (AvgIpc) is 3.25. The number of fused-ring (bicyclic) bond motifs is 1. The van der Waals surface area contributed by atoms with E-state index < -0.39 is 6.04 Å². The molecule has 1 N–H and O–H groups in total. The van der Waals surface area contributed by atoms with Gasteiger partial charge < -0.3 is 10.2 Å². The molecule has 0 unspecified atom stereocenters. The van der Waals surface area contributed by atoms with Crippen LogP contribution < -0.4 is 5.32 Å². The monoisotopic (exact) mass is 359 g/mol. The second kappa shape index (κ2) is 5.89. The Morgan fingerprint density at radius 3 is 2.96 bits per heavy atom. The standard InChI is InChI=1S/C17H17N3O2S2/c1-17-8-7-14(21)20(17)13(10-24-17)15(22)19-16-18-12(9-23-16)11-5-3-2-4-6-11/h2-6,9,13H,7-8,10H2,1H3,(H,18,19,22)/t13-,17-/m0/s1. The quantitative estimate of drug-likeness (QED) is 0.914. The van der Waals surface area contributed by atoms with Crippen LogP contribution in [0.1, 0.15) is 19.8 Å². The number of amides is 2. The molecule has 0 aliphatic carbocycles. The van der Waals surface area contributed by atoms with E-state index in [0.717, 1.165) is 17.7 Å². The second-order valence-corrected chi connectivity index (χ2v) is 8.52. The maximum atomic E-state index is 12.6. The van der Waals surface area contributed by atoms with Crippen LogP contribution in [0, 0.1) is 0 Å². The molecule has 124 valence electrons. The molecule has 2 aromatic rings. The van der Waals surface area contributed by atoms with Gasteiger partial charge in [-0.15, -0.1) is 23.1 Å². The number of nitrogens with one attached hydrogen (secondary N) is 1. The number of rotatable bonds is 3. The van der Waals surface area contributed by atoms with Gasteiger partial charge in [0.1, 0.15) is 6.04 Å². The highest BCUT2D eigenvalue weighted by molar-refractivity contribution is 8.01. The molecule has 2 aliphatic rings. The summed E-state index contributed by atoms with van der Waals surface area (Å²) in [6, 6.07) is 9.45. The van der Waals surface area contributed by atoms with Crippen molar-refractivity contribution in [3.05, 3.63) is 35.7 Å². The predicted octanol–water partition coefficient (Wildman–Crippen LogP) is 3.20. The van der Waals surface area contributed by atoms with Crippen molar-refractivity contribution in [1.82, 2.24) is 9.88 Å². The summed E-state index contributed by atoms with van der Waals surface area (Å²) in [5.74, 6) is 0.576. The molecule has 24 heavy (non-hydrogen) atoms. The van der Waals surface area contributed by atoms with Gasteiger partial charge in [0.05, 0.1) is 10.6 Å². The number of thiazole rings is 1. The Morgan fingerprint density at radius 1 is 1.38 bits per heavy atom. The molecule has 2 fully saturated rings. The summed E-state index contributed by atoms with van der Waals surface area (Å²) in [5, 5.41) is 5.39. The van der Waals surface area contributed by atoms with Crippen molar-refractivity contribution >= 4 is 40.0 Å². The van der Waals surface area contributed by atoms with Gasteiger partial charge in [-0.25, -0.2) is 4.98 Å². The smallest absolute Gasteiger partial charge is 0.249 e. The lowest BCUT2D eigenvalue weighted by Gasteiger charge is -2.29. The average molecular weight is 359 g/mol. The first-order valence-electron chi connectivity index (χ1n) is 7.85. The van der Waals surface area contributed by atoms with E-state index in [4.69, 9.17) is 0 Å². The number of hydrogen-bond acceptors (Lipinski definition) is 5. The van der Waals surface area contributed by atoms with Crippen LogP contribution >= 0.6 is 23.1 Å². The molecule has 4 rings (SSSR count). The lowest BCUT2D eigenvalue weighted by atomic mass is 10.2. The minimum absolute atomic E-state index is 0.0757. The summed E-state index contributed by atoms with van der Waals surface area (Å²) in [4.78, 5) is 30.8. The molecule has 2 aliphatic heterocycles. The summed E-state index contributed by atoms with van der Waals surface area (Å²) in [5.41, 5.74) is 1.87. The zero-order chi connectivity index (χ0) is 16.7. The molecule has 5 nitrogen and oxygen atoms in total. The van der Waals surface area contributed by atoms with Crippen LogP contribution in [0.15, 0.2) is 35.7 Å². The third kappa shape index (κ3) is 2.61. The summed E-state index contributed by atoms with van der Waals surface area (Å²) >= 11 is 3.10. The Labute approximate surface area is 148 Å². The number of benzene rings is 1. The molecule has 0 radical (unpaired) electrons. The van der Waals surface area contributed by atoms with E-state index in [1.165, 1.54) is 11.3 Å². The van der Waals surface area contributed by atoms with Crippen LogP contribution in [0.2, 0.25) is 0 Å². The Hall–Kier alpha value is -1.86. The van der Waals surface area contributed by atoms with E-state index in [1.807, 2.05) is 42.6 Å². The van der Waals surface area contributed by atoms with Crippen molar-refractivity contribution in [3.63, 3.8) is 0 Å².